The fourth-order valence-corrected chi connectivity index (χ4v) is 1.47. The Bertz CT molecular complexity index is 185. The van der Waals surface area contributed by atoms with Gasteiger partial charge in [0.25, 0.3) is 0 Å². The van der Waals surface area contributed by atoms with E-state index in [9.17, 15) is 4.79 Å². The van der Waals surface area contributed by atoms with Crippen LogP contribution in [0, 0.1) is 0 Å². The molecule has 0 aliphatic carbocycles. The second kappa shape index (κ2) is 3.15. The van der Waals surface area contributed by atoms with E-state index in [4.69, 9.17) is 4.74 Å². The predicted molar refractivity (Wildman–Crippen MR) is 47.1 cm³/mol. The third kappa shape index (κ3) is 1.67. The van der Waals surface area contributed by atoms with Crippen molar-refractivity contribution in [2.75, 3.05) is 20.2 Å². The Morgan fingerprint density at radius 3 is 2.42 bits per heavy atom. The highest BCUT2D eigenvalue weighted by atomic mass is 16.5. The SMILES string of the molecule is COC1(C)CN(C(C)C(C)=O)C1. The maximum atomic E-state index is 11.0. The number of ketones is 1. The van der Waals surface area contributed by atoms with E-state index in [0.29, 0.717) is 0 Å². The molecule has 1 rings (SSSR count). The third-order valence-electron chi connectivity index (χ3n) is 2.70. The van der Waals surface area contributed by atoms with Gasteiger partial charge in [0.15, 0.2) is 0 Å². The number of rotatable bonds is 3. The molecule has 3 heteroatoms. The zero-order chi connectivity index (χ0) is 9.35. The Balaban J connectivity index is 2.39. The molecule has 1 atom stereocenters. The Labute approximate surface area is 73.7 Å². The molecule has 0 aromatic heterocycles. The van der Waals surface area contributed by atoms with Crippen molar-refractivity contribution < 1.29 is 9.53 Å². The van der Waals surface area contributed by atoms with Crippen molar-refractivity contribution in [3.05, 3.63) is 0 Å². The monoisotopic (exact) mass is 171 g/mol. The standard InChI is InChI=1S/C9H17NO2/c1-7(8(2)11)10-5-9(3,6-10)12-4/h7H,5-6H2,1-4H3. The van der Waals surface area contributed by atoms with Gasteiger partial charge in [-0.05, 0) is 20.8 Å². The van der Waals surface area contributed by atoms with Crippen LogP contribution in [-0.2, 0) is 9.53 Å². The summed E-state index contributed by atoms with van der Waals surface area (Å²) in [6.45, 7) is 7.37. The van der Waals surface area contributed by atoms with E-state index in [1.165, 1.54) is 0 Å². The second-order valence-electron chi connectivity index (χ2n) is 3.85. The first-order valence-electron chi connectivity index (χ1n) is 4.28. The summed E-state index contributed by atoms with van der Waals surface area (Å²) in [5.74, 6) is 0.230. The lowest BCUT2D eigenvalue weighted by Gasteiger charge is -2.49. The number of hydrogen-bond donors (Lipinski definition) is 0. The lowest BCUT2D eigenvalue weighted by molar-refractivity contribution is -0.142. The molecule has 1 saturated heterocycles. The number of likely N-dealkylation sites (tertiary alicyclic amines) is 1. The van der Waals surface area contributed by atoms with Crippen molar-refractivity contribution in [2.45, 2.75) is 32.4 Å². The zero-order valence-electron chi connectivity index (χ0n) is 8.26. The summed E-state index contributed by atoms with van der Waals surface area (Å²) in [5.41, 5.74) is -0.0241. The van der Waals surface area contributed by atoms with Gasteiger partial charge in [0.05, 0.1) is 11.6 Å². The minimum atomic E-state index is -0.0241. The van der Waals surface area contributed by atoms with Crippen LogP contribution in [0.2, 0.25) is 0 Å². The Morgan fingerprint density at radius 2 is 2.08 bits per heavy atom. The van der Waals surface area contributed by atoms with Crippen LogP contribution in [0.25, 0.3) is 0 Å². The number of ether oxygens (including phenoxy) is 1. The second-order valence-corrected chi connectivity index (χ2v) is 3.85. The van der Waals surface area contributed by atoms with E-state index in [1.807, 2.05) is 6.92 Å². The van der Waals surface area contributed by atoms with Crippen molar-refractivity contribution in [1.82, 2.24) is 4.90 Å². The molecule has 1 aliphatic rings. The Morgan fingerprint density at radius 1 is 1.58 bits per heavy atom. The number of nitrogens with zero attached hydrogens (tertiary/aromatic N) is 1. The van der Waals surface area contributed by atoms with Crippen molar-refractivity contribution in [3.8, 4) is 0 Å². The van der Waals surface area contributed by atoms with Crippen molar-refractivity contribution in [1.29, 1.82) is 0 Å². The fourth-order valence-electron chi connectivity index (χ4n) is 1.47. The molecule has 1 unspecified atom stereocenters. The van der Waals surface area contributed by atoms with Crippen LogP contribution in [0.15, 0.2) is 0 Å². The normalized spacial score (nSPS) is 24.7. The van der Waals surface area contributed by atoms with Gasteiger partial charge in [-0.1, -0.05) is 0 Å². The van der Waals surface area contributed by atoms with Gasteiger partial charge in [0.2, 0.25) is 0 Å². The zero-order valence-corrected chi connectivity index (χ0v) is 8.26. The fraction of sp³-hybridized carbons (Fsp3) is 0.889. The molecule has 1 fully saturated rings. The first-order valence-corrected chi connectivity index (χ1v) is 4.28. The molecule has 1 aliphatic heterocycles. The first kappa shape index (κ1) is 9.68. The highest BCUT2D eigenvalue weighted by molar-refractivity contribution is 5.81. The summed E-state index contributed by atoms with van der Waals surface area (Å²) in [6.07, 6.45) is 0. The maximum Gasteiger partial charge on any atom is 0.146 e. The van der Waals surface area contributed by atoms with Gasteiger partial charge in [-0.3, -0.25) is 9.69 Å². The number of methoxy groups -OCH3 is 1. The smallest absolute Gasteiger partial charge is 0.146 e. The highest BCUT2D eigenvalue weighted by Crippen LogP contribution is 2.25. The van der Waals surface area contributed by atoms with E-state index in [1.54, 1.807) is 14.0 Å². The Hall–Kier alpha value is -0.410. The molecule has 0 aromatic rings. The van der Waals surface area contributed by atoms with Gasteiger partial charge >= 0.3 is 0 Å². The van der Waals surface area contributed by atoms with E-state index in [0.717, 1.165) is 13.1 Å². The van der Waals surface area contributed by atoms with Gasteiger partial charge in [0, 0.05) is 20.2 Å². The molecule has 1 heterocycles. The van der Waals surface area contributed by atoms with Gasteiger partial charge < -0.3 is 4.74 Å². The number of hydrogen-bond acceptors (Lipinski definition) is 3. The summed E-state index contributed by atoms with van der Waals surface area (Å²) in [6, 6.07) is 0.0493. The minimum absolute atomic E-state index is 0.0241. The molecular formula is C9H17NO2. The quantitative estimate of drug-likeness (QED) is 0.625. The van der Waals surface area contributed by atoms with Gasteiger partial charge in [-0.2, -0.15) is 0 Å². The van der Waals surface area contributed by atoms with Gasteiger partial charge in [-0.15, -0.1) is 0 Å². The largest absolute Gasteiger partial charge is 0.376 e. The lowest BCUT2D eigenvalue weighted by atomic mass is 9.94. The third-order valence-corrected chi connectivity index (χ3v) is 2.70. The molecule has 70 valence electrons. The summed E-state index contributed by atoms with van der Waals surface area (Å²) < 4.78 is 5.28. The molecule has 3 nitrogen and oxygen atoms in total. The molecule has 0 saturated carbocycles. The molecule has 0 aromatic carbocycles. The molecule has 0 N–H and O–H groups in total. The van der Waals surface area contributed by atoms with E-state index in [-0.39, 0.29) is 17.4 Å². The summed E-state index contributed by atoms with van der Waals surface area (Å²) in [7, 11) is 1.72. The van der Waals surface area contributed by atoms with Crippen LogP contribution in [0.1, 0.15) is 20.8 Å². The van der Waals surface area contributed by atoms with Crippen LogP contribution in [0.4, 0.5) is 0 Å². The van der Waals surface area contributed by atoms with Crippen molar-refractivity contribution >= 4 is 5.78 Å². The molecular weight excluding hydrogens is 154 g/mol. The topological polar surface area (TPSA) is 29.5 Å². The first-order chi connectivity index (χ1) is 5.48. The van der Waals surface area contributed by atoms with Crippen LogP contribution in [0.3, 0.4) is 0 Å². The summed E-state index contributed by atoms with van der Waals surface area (Å²) >= 11 is 0. The maximum absolute atomic E-state index is 11.0. The highest BCUT2D eigenvalue weighted by Gasteiger charge is 2.41. The molecule has 0 radical (unpaired) electrons. The van der Waals surface area contributed by atoms with Crippen LogP contribution in [0.5, 0.6) is 0 Å². The summed E-state index contributed by atoms with van der Waals surface area (Å²) in [5, 5.41) is 0. The van der Waals surface area contributed by atoms with Crippen LogP contribution in [-0.4, -0.2) is 42.5 Å². The van der Waals surface area contributed by atoms with Crippen LogP contribution >= 0.6 is 0 Å². The van der Waals surface area contributed by atoms with E-state index in [2.05, 4.69) is 11.8 Å². The van der Waals surface area contributed by atoms with Gasteiger partial charge in [-0.25, -0.2) is 0 Å². The molecule has 0 spiro atoms. The average Bonchev–Trinajstić information content (AvgIpc) is 1.97. The lowest BCUT2D eigenvalue weighted by Crippen LogP contribution is -2.64. The molecule has 0 amide bonds. The number of carbonyl (C=O) groups is 1. The minimum Gasteiger partial charge on any atom is -0.376 e. The Kier molecular flexibility index (Phi) is 2.54. The molecule has 0 bridgehead atoms. The van der Waals surface area contributed by atoms with Crippen molar-refractivity contribution in [2.24, 2.45) is 0 Å². The predicted octanol–water partition coefficient (Wildman–Crippen LogP) is 0.685. The van der Waals surface area contributed by atoms with Gasteiger partial charge in [0.1, 0.15) is 5.78 Å². The number of Topliss-reactive ketones (excluding diaryl/α,β-unsaturated/α-hetero) is 1. The average molecular weight is 171 g/mol. The number of carbonyl (C=O) groups excluding carboxylic acids is 1. The van der Waals surface area contributed by atoms with E-state index >= 15 is 0 Å². The molecule has 12 heavy (non-hydrogen) atoms. The summed E-state index contributed by atoms with van der Waals surface area (Å²) in [4.78, 5) is 13.1. The van der Waals surface area contributed by atoms with E-state index < -0.39 is 0 Å². The van der Waals surface area contributed by atoms with Crippen molar-refractivity contribution in [3.63, 3.8) is 0 Å². The van der Waals surface area contributed by atoms with Crippen LogP contribution < -0.4 is 0 Å².